The van der Waals surface area contributed by atoms with Crippen molar-refractivity contribution in [1.29, 1.82) is 0 Å². The Morgan fingerprint density at radius 3 is 1.59 bits per heavy atom. The minimum absolute atomic E-state index is 0.511. The van der Waals surface area contributed by atoms with E-state index in [9.17, 15) is 4.79 Å². The number of rotatable bonds is 6. The molecule has 0 bridgehead atoms. The van der Waals surface area contributed by atoms with Gasteiger partial charge < -0.3 is 9.47 Å². The Labute approximate surface area is 216 Å². The van der Waals surface area contributed by atoms with Gasteiger partial charge in [-0.3, -0.25) is 9.97 Å². The molecule has 0 atom stereocenters. The normalized spacial score (nSPS) is 12.2. The summed E-state index contributed by atoms with van der Waals surface area (Å²) >= 11 is 6.93. The second-order valence-electron chi connectivity index (χ2n) is 9.61. The maximum absolute atomic E-state index is 12.8. The number of carbonyl (C=O) groups is 1. The third-order valence-electron chi connectivity index (χ3n) is 5.47. The van der Waals surface area contributed by atoms with Gasteiger partial charge in [0.25, 0.3) is 0 Å². The quantitative estimate of drug-likeness (QED) is 0.216. The highest BCUT2D eigenvalue weighted by atomic mass is 79.9. The molecule has 2 aromatic carbocycles. The van der Waals surface area contributed by atoms with Gasteiger partial charge in [-0.2, -0.15) is 0 Å². The molecule has 0 fully saturated rings. The first kappa shape index (κ1) is 24.6. The highest BCUT2D eigenvalue weighted by molar-refractivity contribution is 9.10. The first-order valence-corrected chi connectivity index (χ1v) is 12.6. The molecule has 5 nitrogen and oxygen atoms in total. The predicted octanol–water partition coefficient (Wildman–Crippen LogP) is 7.80. The zero-order chi connectivity index (χ0) is 24.5. The SMILES string of the molecule is CC(C)(Cc1cccc2cc(Br)cnc12)OC(=O)OC(C)(C)Cc1cccc2cc(Br)cnc12. The van der Waals surface area contributed by atoms with E-state index in [1.54, 1.807) is 12.4 Å². The molecule has 0 spiro atoms. The molecule has 2 aromatic heterocycles. The molecule has 2 heterocycles. The Hall–Kier alpha value is -2.51. The van der Waals surface area contributed by atoms with E-state index in [-0.39, 0.29) is 0 Å². The number of hydrogen-bond acceptors (Lipinski definition) is 5. The van der Waals surface area contributed by atoms with Gasteiger partial charge in [0.1, 0.15) is 11.2 Å². The topological polar surface area (TPSA) is 61.3 Å². The summed E-state index contributed by atoms with van der Waals surface area (Å²) in [4.78, 5) is 21.9. The number of ether oxygens (including phenoxy) is 2. The number of aromatic nitrogens is 2. The maximum atomic E-state index is 12.8. The molecule has 0 saturated carbocycles. The van der Waals surface area contributed by atoms with Crippen LogP contribution in [0.3, 0.4) is 0 Å². The molecule has 34 heavy (non-hydrogen) atoms. The number of pyridine rings is 2. The lowest BCUT2D eigenvalue weighted by Crippen LogP contribution is -2.36. The van der Waals surface area contributed by atoms with Gasteiger partial charge in [-0.1, -0.05) is 36.4 Å². The average molecular weight is 586 g/mol. The van der Waals surface area contributed by atoms with Crippen LogP contribution in [0, 0.1) is 0 Å². The summed E-state index contributed by atoms with van der Waals surface area (Å²) in [6.45, 7) is 7.52. The summed E-state index contributed by atoms with van der Waals surface area (Å²) in [5.41, 5.74) is 2.26. The van der Waals surface area contributed by atoms with Gasteiger partial charge in [0.2, 0.25) is 0 Å². The lowest BCUT2D eigenvalue weighted by Gasteiger charge is -2.30. The molecule has 0 aliphatic heterocycles. The number of para-hydroxylation sites is 2. The van der Waals surface area contributed by atoms with Crippen molar-refractivity contribution in [3.8, 4) is 0 Å². The Morgan fingerprint density at radius 1 is 0.765 bits per heavy atom. The van der Waals surface area contributed by atoms with Gasteiger partial charge in [-0.25, -0.2) is 4.79 Å². The Kier molecular flexibility index (Phi) is 6.97. The molecule has 176 valence electrons. The van der Waals surface area contributed by atoms with Crippen molar-refractivity contribution >= 4 is 59.8 Å². The fourth-order valence-electron chi connectivity index (χ4n) is 4.14. The van der Waals surface area contributed by atoms with E-state index in [1.807, 2.05) is 76.2 Å². The van der Waals surface area contributed by atoms with Crippen molar-refractivity contribution in [2.75, 3.05) is 0 Å². The summed E-state index contributed by atoms with van der Waals surface area (Å²) in [5, 5.41) is 2.06. The fourth-order valence-corrected chi connectivity index (χ4v) is 4.84. The standard InChI is InChI=1S/C27H26Br2N2O3/c1-26(2,13-19-9-5-7-17-11-21(28)15-30-23(17)19)33-25(32)34-27(3,4)14-20-10-6-8-18-12-22(29)16-31-24(18)20/h5-12,15-16H,13-14H2,1-4H3. The van der Waals surface area contributed by atoms with E-state index in [0.717, 1.165) is 41.9 Å². The minimum Gasteiger partial charge on any atom is -0.428 e. The van der Waals surface area contributed by atoms with Crippen molar-refractivity contribution in [1.82, 2.24) is 9.97 Å². The van der Waals surface area contributed by atoms with Crippen molar-refractivity contribution in [2.24, 2.45) is 0 Å². The van der Waals surface area contributed by atoms with Crippen LogP contribution in [0.25, 0.3) is 21.8 Å². The van der Waals surface area contributed by atoms with E-state index in [1.165, 1.54) is 0 Å². The van der Waals surface area contributed by atoms with Gasteiger partial charge >= 0.3 is 6.16 Å². The molecule has 0 radical (unpaired) electrons. The molecule has 4 rings (SSSR count). The van der Waals surface area contributed by atoms with Gasteiger partial charge in [0.15, 0.2) is 0 Å². The summed E-state index contributed by atoms with van der Waals surface area (Å²) < 4.78 is 13.4. The molecule has 4 aromatic rings. The van der Waals surface area contributed by atoms with Gasteiger partial charge in [-0.15, -0.1) is 0 Å². The monoisotopic (exact) mass is 584 g/mol. The summed E-state index contributed by atoms with van der Waals surface area (Å²) in [6, 6.07) is 16.1. The van der Waals surface area contributed by atoms with Crippen LogP contribution >= 0.6 is 31.9 Å². The number of carbonyl (C=O) groups excluding carboxylic acids is 1. The second-order valence-corrected chi connectivity index (χ2v) is 11.4. The van der Waals surface area contributed by atoms with Crippen LogP contribution < -0.4 is 0 Å². The summed E-state index contributed by atoms with van der Waals surface area (Å²) in [6.07, 6.45) is 3.88. The molecule has 0 aliphatic carbocycles. The lowest BCUT2D eigenvalue weighted by atomic mass is 9.96. The summed E-state index contributed by atoms with van der Waals surface area (Å²) in [7, 11) is 0. The smallest absolute Gasteiger partial charge is 0.428 e. The Bertz CT molecular complexity index is 1270. The predicted molar refractivity (Wildman–Crippen MR) is 142 cm³/mol. The third-order valence-corrected chi connectivity index (χ3v) is 6.34. The number of halogens is 2. The number of nitrogens with zero attached hydrogens (tertiary/aromatic N) is 2. The Morgan fingerprint density at radius 2 is 1.18 bits per heavy atom. The highest BCUT2D eigenvalue weighted by Crippen LogP contribution is 2.28. The van der Waals surface area contributed by atoms with Crippen LogP contribution in [0.4, 0.5) is 4.79 Å². The first-order chi connectivity index (χ1) is 16.0. The third kappa shape index (κ3) is 5.94. The van der Waals surface area contributed by atoms with Crippen LogP contribution in [-0.2, 0) is 22.3 Å². The van der Waals surface area contributed by atoms with Gasteiger partial charge in [0.05, 0.1) is 11.0 Å². The average Bonchev–Trinajstić information content (AvgIpc) is 2.72. The molecule has 0 amide bonds. The Balaban J connectivity index is 1.45. The molecular formula is C27H26Br2N2O3. The van der Waals surface area contributed by atoms with Crippen LogP contribution in [0.1, 0.15) is 38.8 Å². The first-order valence-electron chi connectivity index (χ1n) is 11.0. The van der Waals surface area contributed by atoms with E-state index < -0.39 is 17.4 Å². The van der Waals surface area contributed by atoms with Crippen LogP contribution in [-0.4, -0.2) is 27.3 Å². The summed E-state index contributed by atoms with van der Waals surface area (Å²) in [5.74, 6) is 0. The van der Waals surface area contributed by atoms with E-state index in [0.29, 0.717) is 12.8 Å². The number of fused-ring (bicyclic) bond motifs is 2. The minimum atomic E-state index is -0.774. The van der Waals surface area contributed by atoms with Gasteiger partial charge in [-0.05, 0) is 82.8 Å². The largest absolute Gasteiger partial charge is 0.509 e. The molecule has 0 aliphatic rings. The van der Waals surface area contributed by atoms with Gasteiger partial charge in [0, 0.05) is 45.0 Å². The highest BCUT2D eigenvalue weighted by Gasteiger charge is 2.30. The van der Waals surface area contributed by atoms with Crippen molar-refractivity contribution in [3.63, 3.8) is 0 Å². The van der Waals surface area contributed by atoms with Crippen LogP contribution in [0.5, 0.6) is 0 Å². The van der Waals surface area contributed by atoms with Crippen LogP contribution in [0.2, 0.25) is 0 Å². The fraction of sp³-hybridized carbons (Fsp3) is 0.296. The number of benzene rings is 2. The zero-order valence-corrected chi connectivity index (χ0v) is 22.7. The second kappa shape index (κ2) is 9.62. The van der Waals surface area contributed by atoms with E-state index in [4.69, 9.17) is 9.47 Å². The zero-order valence-electron chi connectivity index (χ0n) is 19.6. The van der Waals surface area contributed by atoms with Crippen molar-refractivity contribution in [3.05, 3.63) is 81.0 Å². The van der Waals surface area contributed by atoms with Crippen molar-refractivity contribution < 1.29 is 14.3 Å². The molecule has 0 unspecified atom stereocenters. The molecule has 0 saturated heterocycles. The molecule has 0 N–H and O–H groups in total. The molecule has 7 heteroatoms. The van der Waals surface area contributed by atoms with Crippen LogP contribution in [0.15, 0.2) is 69.9 Å². The van der Waals surface area contributed by atoms with Crippen molar-refractivity contribution in [2.45, 2.75) is 51.7 Å². The maximum Gasteiger partial charge on any atom is 0.509 e. The van der Waals surface area contributed by atoms with E-state index in [2.05, 4.69) is 41.8 Å². The van der Waals surface area contributed by atoms with E-state index >= 15 is 0 Å². The number of hydrogen-bond donors (Lipinski definition) is 0. The lowest BCUT2D eigenvalue weighted by molar-refractivity contribution is -0.0580. The molecular weight excluding hydrogens is 560 g/mol.